The maximum Gasteiger partial charge on any atom is 0.270 e. The van der Waals surface area contributed by atoms with Gasteiger partial charge >= 0.3 is 0 Å². The predicted octanol–water partition coefficient (Wildman–Crippen LogP) is 5.16. The Balaban J connectivity index is 1.47. The van der Waals surface area contributed by atoms with E-state index in [9.17, 15) is 10.1 Å². The second kappa shape index (κ2) is 9.62. The van der Waals surface area contributed by atoms with Gasteiger partial charge in [-0.3, -0.25) is 9.78 Å². The summed E-state index contributed by atoms with van der Waals surface area (Å²) in [6.07, 6.45) is 1.60. The largest absolute Gasteiger partial charge is 0.457 e. The van der Waals surface area contributed by atoms with Crippen molar-refractivity contribution in [2.45, 2.75) is 13.8 Å². The number of nitrogens with zero attached hydrogens (tertiary/aromatic N) is 3. The van der Waals surface area contributed by atoms with E-state index in [1.807, 2.05) is 73.7 Å². The van der Waals surface area contributed by atoms with Crippen molar-refractivity contribution in [2.75, 3.05) is 5.43 Å². The summed E-state index contributed by atoms with van der Waals surface area (Å²) in [7, 11) is 0. The van der Waals surface area contributed by atoms with E-state index in [4.69, 9.17) is 4.74 Å². The van der Waals surface area contributed by atoms with Crippen molar-refractivity contribution in [2.24, 2.45) is 5.10 Å². The Kier molecular flexibility index (Phi) is 6.28. The van der Waals surface area contributed by atoms with Gasteiger partial charge in [-0.2, -0.15) is 10.4 Å². The molecule has 1 aromatic heterocycles. The molecule has 1 heterocycles. The molecule has 7 nitrogen and oxygen atoms in total. The van der Waals surface area contributed by atoms with Gasteiger partial charge in [-0.05, 0) is 66.9 Å². The summed E-state index contributed by atoms with van der Waals surface area (Å²) in [5.41, 5.74) is 6.34. The number of aromatic amines is 1. The summed E-state index contributed by atoms with van der Waals surface area (Å²) in [5, 5.41) is 13.5. The number of anilines is 1. The zero-order chi connectivity index (χ0) is 23.2. The van der Waals surface area contributed by atoms with E-state index in [2.05, 4.69) is 27.4 Å². The summed E-state index contributed by atoms with van der Waals surface area (Å²) in [6.45, 7) is 4.11. The van der Waals surface area contributed by atoms with E-state index >= 15 is 0 Å². The van der Waals surface area contributed by atoms with Crippen LogP contribution in [0, 0.1) is 25.2 Å². The molecule has 0 spiro atoms. The smallest absolute Gasteiger partial charge is 0.270 e. The highest BCUT2D eigenvalue weighted by molar-refractivity contribution is 5.80. The number of H-pyrrole nitrogens is 1. The second-order valence-electron chi connectivity index (χ2n) is 7.40. The third-order valence-corrected chi connectivity index (χ3v) is 5.06. The van der Waals surface area contributed by atoms with Gasteiger partial charge < -0.3 is 4.74 Å². The predicted molar refractivity (Wildman–Crippen MR) is 129 cm³/mol. The topological polar surface area (TPSA) is 103 Å². The summed E-state index contributed by atoms with van der Waals surface area (Å²) in [4.78, 5) is 19.2. The van der Waals surface area contributed by atoms with Crippen molar-refractivity contribution in [3.05, 3.63) is 105 Å². The van der Waals surface area contributed by atoms with E-state index in [0.29, 0.717) is 17.0 Å². The number of hydrogen-bond donors (Lipinski definition) is 2. The maximum absolute atomic E-state index is 12.3. The number of aryl methyl sites for hydroxylation is 2. The summed E-state index contributed by atoms with van der Waals surface area (Å²) >= 11 is 0. The molecular formula is C26H21N5O2. The molecule has 2 N–H and O–H groups in total. The number of hydrogen-bond acceptors (Lipinski definition) is 6. The van der Waals surface area contributed by atoms with Gasteiger partial charge in [-0.25, -0.2) is 10.4 Å². The lowest BCUT2D eigenvalue weighted by atomic mass is 10.1. The van der Waals surface area contributed by atoms with Crippen LogP contribution in [0.3, 0.4) is 0 Å². The molecule has 0 bridgehead atoms. The minimum atomic E-state index is -0.531. The van der Waals surface area contributed by atoms with E-state index in [0.717, 1.165) is 11.3 Å². The molecular weight excluding hydrogens is 414 g/mol. The van der Waals surface area contributed by atoms with Crippen molar-refractivity contribution in [1.82, 2.24) is 9.97 Å². The van der Waals surface area contributed by atoms with E-state index in [1.165, 1.54) is 11.1 Å². The van der Waals surface area contributed by atoms with E-state index in [1.54, 1.807) is 18.3 Å². The molecule has 0 aliphatic carbocycles. The fourth-order valence-electron chi connectivity index (χ4n) is 3.14. The van der Waals surface area contributed by atoms with Crippen LogP contribution in [0.1, 0.15) is 22.3 Å². The lowest BCUT2D eigenvalue weighted by Gasteiger charge is -2.08. The molecule has 0 fully saturated rings. The van der Waals surface area contributed by atoms with Crippen molar-refractivity contribution >= 4 is 12.2 Å². The SMILES string of the molecule is Cc1ccc(Oc2ccc(C=NNc3nc(-c4ccccc4)c(C#N)c(=O)[nH]3)cc2)cc1C. The minimum absolute atomic E-state index is 0.0462. The van der Waals surface area contributed by atoms with Crippen molar-refractivity contribution in [3.8, 4) is 28.8 Å². The molecule has 33 heavy (non-hydrogen) atoms. The van der Waals surface area contributed by atoms with Crippen LogP contribution < -0.4 is 15.7 Å². The number of nitriles is 1. The minimum Gasteiger partial charge on any atom is -0.457 e. The van der Waals surface area contributed by atoms with Gasteiger partial charge in [-0.1, -0.05) is 36.4 Å². The van der Waals surface area contributed by atoms with Gasteiger partial charge in [0.15, 0.2) is 0 Å². The van der Waals surface area contributed by atoms with Crippen molar-refractivity contribution in [3.63, 3.8) is 0 Å². The fraction of sp³-hybridized carbons (Fsp3) is 0.0769. The highest BCUT2D eigenvalue weighted by Gasteiger charge is 2.12. The number of ether oxygens (including phenoxy) is 1. The molecule has 0 saturated heterocycles. The Hall–Kier alpha value is -4.70. The quantitative estimate of drug-likeness (QED) is 0.321. The molecule has 0 saturated carbocycles. The van der Waals surface area contributed by atoms with Gasteiger partial charge in [0, 0.05) is 5.56 Å². The molecule has 162 valence electrons. The summed E-state index contributed by atoms with van der Waals surface area (Å²) in [5.74, 6) is 1.64. The third-order valence-electron chi connectivity index (χ3n) is 5.06. The Morgan fingerprint density at radius 2 is 1.73 bits per heavy atom. The summed E-state index contributed by atoms with van der Waals surface area (Å²) in [6, 6.07) is 24.4. The van der Waals surface area contributed by atoms with Gasteiger partial charge in [0.2, 0.25) is 5.95 Å². The van der Waals surface area contributed by atoms with Crippen LogP contribution in [-0.4, -0.2) is 16.2 Å². The number of aromatic nitrogens is 2. The van der Waals surface area contributed by atoms with Crippen LogP contribution >= 0.6 is 0 Å². The van der Waals surface area contributed by atoms with E-state index in [-0.39, 0.29) is 11.5 Å². The average Bonchev–Trinajstić information content (AvgIpc) is 2.83. The summed E-state index contributed by atoms with van der Waals surface area (Å²) < 4.78 is 5.90. The van der Waals surface area contributed by atoms with Crippen molar-refractivity contribution in [1.29, 1.82) is 5.26 Å². The lowest BCUT2D eigenvalue weighted by Crippen LogP contribution is -2.16. The Bertz CT molecular complexity index is 1400. The molecule has 0 atom stereocenters. The number of rotatable bonds is 6. The first-order chi connectivity index (χ1) is 16.0. The lowest BCUT2D eigenvalue weighted by molar-refractivity contribution is 0.482. The number of benzene rings is 3. The van der Waals surface area contributed by atoms with Crippen LogP contribution in [0.15, 0.2) is 82.7 Å². The molecule has 0 unspecified atom stereocenters. The van der Waals surface area contributed by atoms with E-state index < -0.39 is 5.56 Å². The molecule has 0 radical (unpaired) electrons. The second-order valence-corrected chi connectivity index (χ2v) is 7.40. The molecule has 4 aromatic rings. The molecule has 0 aliphatic rings. The van der Waals surface area contributed by atoms with Gasteiger partial charge in [0.25, 0.3) is 5.56 Å². The van der Waals surface area contributed by atoms with Crippen LogP contribution in [-0.2, 0) is 0 Å². The first-order valence-corrected chi connectivity index (χ1v) is 10.3. The number of hydrazone groups is 1. The normalized spacial score (nSPS) is 10.7. The van der Waals surface area contributed by atoms with Gasteiger partial charge in [0.05, 0.1) is 11.9 Å². The standard InChI is InChI=1S/C26H21N5O2/c1-17-8-11-22(14-18(17)2)33-21-12-9-19(10-13-21)16-28-31-26-29-24(20-6-4-3-5-7-20)23(15-27)25(32)30-26/h3-14,16H,1-2H3,(H2,29,30,31,32). The first-order valence-electron chi connectivity index (χ1n) is 10.3. The molecule has 0 aliphatic heterocycles. The van der Waals surface area contributed by atoms with Gasteiger partial charge in [0.1, 0.15) is 23.1 Å². The van der Waals surface area contributed by atoms with Crippen LogP contribution in [0.25, 0.3) is 11.3 Å². The Morgan fingerprint density at radius 3 is 2.42 bits per heavy atom. The Labute approximate surface area is 191 Å². The highest BCUT2D eigenvalue weighted by Crippen LogP contribution is 2.24. The maximum atomic E-state index is 12.3. The highest BCUT2D eigenvalue weighted by atomic mass is 16.5. The van der Waals surface area contributed by atoms with Crippen LogP contribution in [0.4, 0.5) is 5.95 Å². The molecule has 7 heteroatoms. The first kappa shape index (κ1) is 21.5. The van der Waals surface area contributed by atoms with Crippen molar-refractivity contribution < 1.29 is 4.74 Å². The molecule has 3 aromatic carbocycles. The fourth-order valence-corrected chi connectivity index (χ4v) is 3.14. The third kappa shape index (κ3) is 5.14. The van der Waals surface area contributed by atoms with Crippen LogP contribution in [0.2, 0.25) is 0 Å². The van der Waals surface area contributed by atoms with Crippen LogP contribution in [0.5, 0.6) is 11.5 Å². The molecule has 4 rings (SSSR count). The van der Waals surface area contributed by atoms with Gasteiger partial charge in [-0.15, -0.1) is 0 Å². The zero-order valence-corrected chi connectivity index (χ0v) is 18.2. The average molecular weight is 435 g/mol. The molecule has 0 amide bonds. The Morgan fingerprint density at radius 1 is 1.00 bits per heavy atom. The monoisotopic (exact) mass is 435 g/mol. The zero-order valence-electron chi connectivity index (χ0n) is 18.2. The number of nitrogens with one attached hydrogen (secondary N) is 2.